The minimum absolute atomic E-state index is 0.0774. The summed E-state index contributed by atoms with van der Waals surface area (Å²) in [5, 5.41) is 18.6. The fourth-order valence-corrected chi connectivity index (χ4v) is 6.73. The average molecular weight is 742 g/mol. The standard InChI is InChI=1S/C36H51N7O6S2/c1-9-37-36(47)32(23(2)3)41-33(44)25(5)38-21-30(17-26-15-16-50-22-26)40-35(46)29-18-28(19-31(20-29)43(8)51(48,49)42(6)7)34(45)39-24(4)27-13-11-10-12-14-27/h10-16,18-20,22-25,30,32,38H,9,17,21H2,1-8H3,(H,37,47)(H,39,45)(H,40,46)(H,41,44)/t24-,25+,30+,32+/m1/s1. The van der Waals surface area contributed by atoms with Gasteiger partial charge < -0.3 is 26.6 Å². The van der Waals surface area contributed by atoms with Crippen molar-refractivity contribution in [3.8, 4) is 0 Å². The number of nitrogens with one attached hydrogen (secondary N) is 5. The maximum atomic E-state index is 13.9. The first-order valence-corrected chi connectivity index (χ1v) is 19.2. The smallest absolute Gasteiger partial charge is 0.303 e. The second-order valence-corrected chi connectivity index (χ2v) is 15.8. The number of thiophene rings is 1. The van der Waals surface area contributed by atoms with Crippen LogP contribution < -0.4 is 30.9 Å². The monoisotopic (exact) mass is 741 g/mol. The van der Waals surface area contributed by atoms with Gasteiger partial charge in [0.2, 0.25) is 11.8 Å². The molecule has 2 aromatic carbocycles. The zero-order chi connectivity index (χ0) is 37.9. The third-order valence-corrected chi connectivity index (χ3v) is 10.9. The first kappa shape index (κ1) is 41.1. The lowest BCUT2D eigenvalue weighted by molar-refractivity contribution is -0.130. The molecule has 1 heterocycles. The van der Waals surface area contributed by atoms with Crippen LogP contribution in [0.5, 0.6) is 0 Å². The highest BCUT2D eigenvalue weighted by Crippen LogP contribution is 2.23. The molecule has 4 amide bonds. The molecule has 51 heavy (non-hydrogen) atoms. The summed E-state index contributed by atoms with van der Waals surface area (Å²) in [5.41, 5.74) is 2.15. The van der Waals surface area contributed by atoms with Gasteiger partial charge in [0.05, 0.1) is 17.8 Å². The van der Waals surface area contributed by atoms with Crippen LogP contribution in [0.1, 0.15) is 72.5 Å². The quantitative estimate of drug-likeness (QED) is 0.134. The summed E-state index contributed by atoms with van der Waals surface area (Å²) in [4.78, 5) is 53.1. The number of nitrogens with zero attached hydrogens (tertiary/aromatic N) is 2. The van der Waals surface area contributed by atoms with Crippen LogP contribution in [0.3, 0.4) is 0 Å². The van der Waals surface area contributed by atoms with E-state index in [1.165, 1.54) is 50.7 Å². The molecule has 4 atom stereocenters. The number of rotatable bonds is 18. The second-order valence-electron chi connectivity index (χ2n) is 12.9. The van der Waals surface area contributed by atoms with Crippen LogP contribution in [0.15, 0.2) is 65.4 Å². The van der Waals surface area contributed by atoms with Gasteiger partial charge in [0.15, 0.2) is 0 Å². The Labute approximate surface area is 305 Å². The highest BCUT2D eigenvalue weighted by atomic mass is 32.2. The molecule has 0 unspecified atom stereocenters. The SMILES string of the molecule is CCNC(=O)[C@@H](NC(=O)[C@H](C)NC[C@H](Cc1ccsc1)NC(=O)c1cc(C(=O)N[C@H](C)c2ccccc2)cc(N(C)S(=O)(=O)N(C)C)c1)C(C)C. The molecular formula is C36H51N7O6S2. The maximum Gasteiger partial charge on any atom is 0.303 e. The van der Waals surface area contributed by atoms with Gasteiger partial charge in [-0.1, -0.05) is 44.2 Å². The molecule has 13 nitrogen and oxygen atoms in total. The second kappa shape index (κ2) is 18.8. The predicted molar refractivity (Wildman–Crippen MR) is 202 cm³/mol. The summed E-state index contributed by atoms with van der Waals surface area (Å²) in [7, 11) is 0.182. The van der Waals surface area contributed by atoms with Crippen LogP contribution in [-0.2, 0) is 26.2 Å². The Morgan fingerprint density at radius 3 is 2.00 bits per heavy atom. The third kappa shape index (κ3) is 11.6. The van der Waals surface area contributed by atoms with Crippen molar-refractivity contribution in [2.24, 2.45) is 5.92 Å². The first-order valence-electron chi connectivity index (χ1n) is 16.9. The minimum atomic E-state index is -3.96. The highest BCUT2D eigenvalue weighted by Gasteiger charge is 2.28. The number of hydrogen-bond acceptors (Lipinski definition) is 8. The molecule has 5 N–H and O–H groups in total. The molecule has 0 spiro atoms. The lowest BCUT2D eigenvalue weighted by Crippen LogP contribution is -2.55. The fourth-order valence-electron chi connectivity index (χ4n) is 5.18. The van der Waals surface area contributed by atoms with Gasteiger partial charge in [0.1, 0.15) is 6.04 Å². The highest BCUT2D eigenvalue weighted by molar-refractivity contribution is 7.90. The summed E-state index contributed by atoms with van der Waals surface area (Å²) < 4.78 is 28.2. The van der Waals surface area contributed by atoms with Crippen molar-refractivity contribution in [2.45, 2.75) is 65.2 Å². The van der Waals surface area contributed by atoms with E-state index in [9.17, 15) is 27.6 Å². The van der Waals surface area contributed by atoms with E-state index in [0.29, 0.717) is 13.0 Å². The zero-order valence-corrected chi connectivity index (χ0v) is 32.2. The minimum Gasteiger partial charge on any atom is -0.355 e. The van der Waals surface area contributed by atoms with Gasteiger partial charge >= 0.3 is 10.2 Å². The number of hydrogen-bond donors (Lipinski definition) is 5. The van der Waals surface area contributed by atoms with Crippen LogP contribution in [0, 0.1) is 5.92 Å². The lowest BCUT2D eigenvalue weighted by atomic mass is 10.0. The van der Waals surface area contributed by atoms with Gasteiger partial charge in [-0.15, -0.1) is 0 Å². The van der Waals surface area contributed by atoms with Crippen LogP contribution >= 0.6 is 11.3 Å². The molecule has 1 aromatic heterocycles. The van der Waals surface area contributed by atoms with Gasteiger partial charge in [0.25, 0.3) is 11.8 Å². The van der Waals surface area contributed by atoms with Crippen molar-refractivity contribution >= 4 is 50.9 Å². The van der Waals surface area contributed by atoms with E-state index in [4.69, 9.17) is 0 Å². The third-order valence-electron chi connectivity index (χ3n) is 8.32. The van der Waals surface area contributed by atoms with E-state index < -0.39 is 40.1 Å². The molecule has 0 radical (unpaired) electrons. The zero-order valence-electron chi connectivity index (χ0n) is 30.5. The summed E-state index contributed by atoms with van der Waals surface area (Å²) >= 11 is 1.51. The Morgan fingerprint density at radius 1 is 0.824 bits per heavy atom. The van der Waals surface area contributed by atoms with Crippen LogP contribution in [0.2, 0.25) is 0 Å². The summed E-state index contributed by atoms with van der Waals surface area (Å²) in [6.07, 6.45) is 0.431. The normalized spacial score (nSPS) is 13.9. The van der Waals surface area contributed by atoms with E-state index in [2.05, 4.69) is 26.6 Å². The molecule has 0 aliphatic carbocycles. The summed E-state index contributed by atoms with van der Waals surface area (Å²) in [5.74, 6) is -1.77. The Bertz CT molecular complexity index is 1730. The fraction of sp³-hybridized carbons (Fsp3) is 0.444. The first-order chi connectivity index (χ1) is 24.0. The van der Waals surface area contributed by atoms with Gasteiger partial charge in [-0.3, -0.25) is 23.5 Å². The molecule has 0 aliphatic rings. The van der Waals surface area contributed by atoms with E-state index in [0.717, 1.165) is 19.7 Å². The van der Waals surface area contributed by atoms with Gasteiger partial charge in [-0.2, -0.15) is 24.1 Å². The summed E-state index contributed by atoms with van der Waals surface area (Å²) in [6.45, 7) is 9.67. The Hall–Kier alpha value is -4.31. The van der Waals surface area contributed by atoms with Gasteiger partial charge in [-0.25, -0.2) is 0 Å². The van der Waals surface area contributed by atoms with E-state index in [1.807, 2.05) is 74.9 Å². The molecule has 0 saturated heterocycles. The number of anilines is 1. The Morgan fingerprint density at radius 2 is 1.45 bits per heavy atom. The van der Waals surface area contributed by atoms with Crippen molar-refractivity contribution in [1.82, 2.24) is 30.9 Å². The molecule has 3 rings (SSSR count). The molecule has 0 aliphatic heterocycles. The van der Waals surface area contributed by atoms with Crippen molar-refractivity contribution in [3.63, 3.8) is 0 Å². The Kier molecular flexibility index (Phi) is 15.1. The molecular weight excluding hydrogens is 691 g/mol. The maximum absolute atomic E-state index is 13.9. The van der Waals surface area contributed by atoms with Crippen LogP contribution in [-0.4, -0.2) is 88.7 Å². The topological polar surface area (TPSA) is 169 Å². The van der Waals surface area contributed by atoms with Crippen molar-refractivity contribution < 1.29 is 27.6 Å². The number of benzene rings is 2. The van der Waals surface area contributed by atoms with Gasteiger partial charge in [-0.05, 0) is 79.3 Å². The molecule has 3 aromatic rings. The Balaban J connectivity index is 1.88. The number of likely N-dealkylation sites (N-methyl/N-ethyl adjacent to an activating group) is 1. The molecule has 15 heteroatoms. The molecule has 278 valence electrons. The van der Waals surface area contributed by atoms with E-state index >= 15 is 0 Å². The van der Waals surface area contributed by atoms with Crippen LogP contribution in [0.25, 0.3) is 0 Å². The molecule has 0 fully saturated rings. The van der Waals surface area contributed by atoms with Crippen molar-refractivity contribution in [2.75, 3.05) is 38.5 Å². The van der Waals surface area contributed by atoms with Crippen molar-refractivity contribution in [1.29, 1.82) is 0 Å². The van der Waals surface area contributed by atoms with E-state index in [-0.39, 0.29) is 47.1 Å². The summed E-state index contributed by atoms with van der Waals surface area (Å²) in [6, 6.07) is 13.3. The predicted octanol–water partition coefficient (Wildman–Crippen LogP) is 3.08. The van der Waals surface area contributed by atoms with Crippen LogP contribution in [0.4, 0.5) is 5.69 Å². The average Bonchev–Trinajstić information content (AvgIpc) is 3.61. The number of amides is 4. The lowest BCUT2D eigenvalue weighted by Gasteiger charge is -2.26. The number of carbonyl (C=O) groups is 4. The van der Waals surface area contributed by atoms with E-state index in [1.54, 1.807) is 6.92 Å². The van der Waals surface area contributed by atoms with Crippen molar-refractivity contribution in [3.05, 3.63) is 87.6 Å². The largest absolute Gasteiger partial charge is 0.355 e. The number of carbonyl (C=O) groups excluding carboxylic acids is 4. The van der Waals surface area contributed by atoms with Gasteiger partial charge in [0, 0.05) is 51.4 Å². The molecule has 0 saturated carbocycles. The molecule has 0 bridgehead atoms.